The zero-order chi connectivity index (χ0) is 21.9. The van der Waals surface area contributed by atoms with E-state index in [4.69, 9.17) is 4.74 Å². The highest BCUT2D eigenvalue weighted by atomic mass is 79.9. The molecule has 0 spiro atoms. The normalized spacial score (nSPS) is 11.5. The van der Waals surface area contributed by atoms with E-state index in [0.29, 0.717) is 13.1 Å². The lowest BCUT2D eigenvalue weighted by molar-refractivity contribution is -0.137. The van der Waals surface area contributed by atoms with Crippen molar-refractivity contribution in [1.29, 1.82) is 0 Å². The lowest BCUT2D eigenvalue weighted by Gasteiger charge is -2.14. The number of carbonyl (C=O) groups is 1. The van der Waals surface area contributed by atoms with Gasteiger partial charge in [0.05, 0.1) is 22.3 Å². The van der Waals surface area contributed by atoms with Gasteiger partial charge in [0.1, 0.15) is 5.75 Å². The van der Waals surface area contributed by atoms with Crippen molar-refractivity contribution in [3.8, 4) is 5.75 Å². The third-order valence-electron chi connectivity index (χ3n) is 4.23. The van der Waals surface area contributed by atoms with Crippen LogP contribution >= 0.6 is 15.9 Å². The third-order valence-corrected chi connectivity index (χ3v) is 4.89. The maximum absolute atomic E-state index is 12.8. The predicted molar refractivity (Wildman–Crippen MR) is 106 cm³/mol. The van der Waals surface area contributed by atoms with Crippen molar-refractivity contribution >= 4 is 21.8 Å². The van der Waals surface area contributed by atoms with Gasteiger partial charge < -0.3 is 9.64 Å². The van der Waals surface area contributed by atoms with E-state index in [1.165, 1.54) is 34.0 Å². The molecule has 0 bridgehead atoms. The molecule has 0 saturated carbocycles. The maximum Gasteiger partial charge on any atom is 0.416 e. The van der Waals surface area contributed by atoms with E-state index in [1.807, 2.05) is 13.1 Å². The Bertz CT molecular complexity index is 1030. The Labute approximate surface area is 179 Å². The number of rotatable bonds is 7. The fraction of sp³-hybridized carbons (Fsp3) is 0.316. The monoisotopic (exact) mass is 485 g/mol. The summed E-state index contributed by atoms with van der Waals surface area (Å²) in [5.74, 6) is -0.257. The Morgan fingerprint density at radius 2 is 2.00 bits per heavy atom. The van der Waals surface area contributed by atoms with Gasteiger partial charge in [-0.05, 0) is 47.1 Å². The van der Waals surface area contributed by atoms with Crippen LogP contribution in [0.1, 0.15) is 28.7 Å². The van der Waals surface area contributed by atoms with E-state index >= 15 is 0 Å². The lowest BCUT2D eigenvalue weighted by Crippen LogP contribution is -2.27. The van der Waals surface area contributed by atoms with E-state index in [9.17, 15) is 18.0 Å². The van der Waals surface area contributed by atoms with Crippen molar-refractivity contribution in [2.75, 3.05) is 7.05 Å². The molecule has 0 atom stereocenters. The van der Waals surface area contributed by atoms with Gasteiger partial charge in [0.2, 0.25) is 0 Å². The summed E-state index contributed by atoms with van der Waals surface area (Å²) in [6.07, 6.45) is -1.08. The molecule has 30 heavy (non-hydrogen) atoms. The van der Waals surface area contributed by atoms with Crippen LogP contribution in [0.15, 0.2) is 47.2 Å². The fourth-order valence-electron chi connectivity index (χ4n) is 2.65. The summed E-state index contributed by atoms with van der Waals surface area (Å²) < 4.78 is 47.6. The number of aromatic nitrogens is 4. The van der Waals surface area contributed by atoms with Crippen LogP contribution in [0.5, 0.6) is 5.75 Å². The van der Waals surface area contributed by atoms with Gasteiger partial charge in [0, 0.05) is 26.0 Å². The molecular formula is C19H19BrF3N5O2. The summed E-state index contributed by atoms with van der Waals surface area (Å²) in [6, 6.07) is 6.09. The first kappa shape index (κ1) is 21.9. The van der Waals surface area contributed by atoms with Crippen LogP contribution in [0.2, 0.25) is 0 Å². The number of carbonyl (C=O) groups excluding carboxylic acids is 1. The quantitative estimate of drug-likeness (QED) is 0.503. The largest absolute Gasteiger partial charge is 0.471 e. The molecule has 0 saturated heterocycles. The van der Waals surface area contributed by atoms with Gasteiger partial charge in [-0.25, -0.2) is 4.68 Å². The Balaban J connectivity index is 1.61. The van der Waals surface area contributed by atoms with E-state index in [0.717, 1.165) is 22.3 Å². The summed E-state index contributed by atoms with van der Waals surface area (Å²) in [7, 11) is 1.64. The Kier molecular flexibility index (Phi) is 6.49. The van der Waals surface area contributed by atoms with Crippen molar-refractivity contribution in [1.82, 2.24) is 24.5 Å². The maximum atomic E-state index is 12.8. The number of amides is 1. The first-order chi connectivity index (χ1) is 14.2. The van der Waals surface area contributed by atoms with E-state index in [2.05, 4.69) is 26.1 Å². The minimum atomic E-state index is -4.45. The van der Waals surface area contributed by atoms with Gasteiger partial charge in [-0.1, -0.05) is 6.07 Å². The number of halogens is 4. The molecule has 2 aromatic heterocycles. The van der Waals surface area contributed by atoms with Crippen molar-refractivity contribution in [2.45, 2.75) is 32.9 Å². The molecule has 3 rings (SSSR count). The summed E-state index contributed by atoms with van der Waals surface area (Å²) in [5.41, 5.74) is 0.117. The highest BCUT2D eigenvalue weighted by molar-refractivity contribution is 9.10. The van der Waals surface area contributed by atoms with Gasteiger partial charge in [-0.3, -0.25) is 9.48 Å². The molecule has 0 aliphatic heterocycles. The van der Waals surface area contributed by atoms with Crippen molar-refractivity contribution in [3.05, 3.63) is 64.1 Å². The van der Waals surface area contributed by atoms with Crippen LogP contribution in [0.25, 0.3) is 0 Å². The second kappa shape index (κ2) is 8.90. The molecule has 11 heteroatoms. The first-order valence-corrected chi connectivity index (χ1v) is 9.77. The van der Waals surface area contributed by atoms with E-state index in [1.54, 1.807) is 11.7 Å². The molecule has 0 aliphatic carbocycles. The van der Waals surface area contributed by atoms with Gasteiger partial charge in [0.25, 0.3) is 5.91 Å². The number of aryl methyl sites for hydroxylation is 1. The molecule has 7 nitrogen and oxygen atoms in total. The standard InChI is InChI=1S/C19H19BrF3N5O2/c1-3-27-10-15(20)17(25-27)11-26(2)18(29)16-7-8-28(24-16)12-30-14-6-4-5-13(9-14)19(21,22)23/h4-10H,3,11-12H2,1-2H3. The molecule has 1 aromatic carbocycles. The number of hydrogen-bond acceptors (Lipinski definition) is 4. The van der Waals surface area contributed by atoms with Crippen LogP contribution in [0.4, 0.5) is 13.2 Å². The molecule has 0 radical (unpaired) electrons. The summed E-state index contributed by atoms with van der Waals surface area (Å²) in [6.45, 7) is 2.84. The summed E-state index contributed by atoms with van der Waals surface area (Å²) in [5, 5.41) is 8.53. The lowest BCUT2D eigenvalue weighted by atomic mass is 10.2. The van der Waals surface area contributed by atoms with Crippen LogP contribution < -0.4 is 4.74 Å². The molecule has 2 heterocycles. The summed E-state index contributed by atoms with van der Waals surface area (Å²) >= 11 is 3.43. The van der Waals surface area contributed by atoms with Gasteiger partial charge in [-0.2, -0.15) is 23.4 Å². The van der Waals surface area contributed by atoms with E-state index < -0.39 is 11.7 Å². The van der Waals surface area contributed by atoms with Crippen LogP contribution in [0, 0.1) is 0 Å². The summed E-state index contributed by atoms with van der Waals surface area (Å²) in [4.78, 5) is 14.1. The Morgan fingerprint density at radius 1 is 1.23 bits per heavy atom. The number of alkyl halides is 3. The average molecular weight is 486 g/mol. The molecular weight excluding hydrogens is 467 g/mol. The smallest absolute Gasteiger partial charge is 0.416 e. The average Bonchev–Trinajstić information content (AvgIpc) is 3.32. The van der Waals surface area contributed by atoms with Crippen molar-refractivity contribution in [3.63, 3.8) is 0 Å². The fourth-order valence-corrected chi connectivity index (χ4v) is 3.09. The topological polar surface area (TPSA) is 65.2 Å². The highest BCUT2D eigenvalue weighted by Gasteiger charge is 2.30. The van der Waals surface area contributed by atoms with Crippen molar-refractivity contribution < 1.29 is 22.7 Å². The molecule has 1 amide bonds. The molecule has 3 aromatic rings. The molecule has 0 N–H and O–H groups in total. The van der Waals surface area contributed by atoms with Crippen LogP contribution in [-0.2, 0) is 26.0 Å². The molecule has 160 valence electrons. The van der Waals surface area contributed by atoms with Crippen LogP contribution in [-0.4, -0.2) is 37.4 Å². The molecule has 0 aliphatic rings. The van der Waals surface area contributed by atoms with Crippen LogP contribution in [0.3, 0.4) is 0 Å². The highest BCUT2D eigenvalue weighted by Crippen LogP contribution is 2.31. The van der Waals surface area contributed by atoms with Gasteiger partial charge >= 0.3 is 6.18 Å². The number of benzene rings is 1. The number of ether oxygens (including phenoxy) is 1. The SMILES string of the molecule is CCn1cc(Br)c(CN(C)C(=O)c2ccn(COc3cccc(C(F)(F)F)c3)n2)n1. The Hall–Kier alpha value is -2.82. The third kappa shape index (κ3) is 5.21. The van der Waals surface area contributed by atoms with E-state index in [-0.39, 0.29) is 24.1 Å². The zero-order valence-corrected chi connectivity index (χ0v) is 17.8. The van der Waals surface area contributed by atoms with Crippen molar-refractivity contribution in [2.24, 2.45) is 0 Å². The predicted octanol–water partition coefficient (Wildman–Crippen LogP) is 4.19. The van der Waals surface area contributed by atoms with Gasteiger partial charge in [0.15, 0.2) is 12.4 Å². The first-order valence-electron chi connectivity index (χ1n) is 8.98. The number of nitrogens with zero attached hydrogens (tertiary/aromatic N) is 5. The Morgan fingerprint density at radius 3 is 2.67 bits per heavy atom. The zero-order valence-electron chi connectivity index (χ0n) is 16.2. The number of hydrogen-bond donors (Lipinski definition) is 0. The second-order valence-electron chi connectivity index (χ2n) is 6.48. The minimum absolute atomic E-state index is 0.0571. The molecule has 0 unspecified atom stereocenters. The van der Waals surface area contributed by atoms with Gasteiger partial charge in [-0.15, -0.1) is 0 Å². The molecule has 0 fully saturated rings. The minimum Gasteiger partial charge on any atom is -0.471 e. The second-order valence-corrected chi connectivity index (χ2v) is 7.33.